The number of rotatable bonds is 5. The van der Waals surface area contributed by atoms with E-state index < -0.39 is 0 Å². The van der Waals surface area contributed by atoms with Gasteiger partial charge in [0.1, 0.15) is 11.6 Å². The highest BCUT2D eigenvalue weighted by Gasteiger charge is 2.43. The van der Waals surface area contributed by atoms with Gasteiger partial charge in [0.05, 0.1) is 6.10 Å². The SMILES string of the molecule is CC(=O)NC1(Cc2cc(F)cc3ccc(OC4CC4)cc23)CC1. The molecule has 4 heteroatoms. The third-order valence-electron chi connectivity index (χ3n) is 4.63. The molecule has 0 unspecified atom stereocenters. The van der Waals surface area contributed by atoms with Crippen LogP contribution in [0.1, 0.15) is 38.2 Å². The van der Waals surface area contributed by atoms with Crippen molar-refractivity contribution in [1.82, 2.24) is 5.32 Å². The summed E-state index contributed by atoms with van der Waals surface area (Å²) in [6, 6.07) is 8.97. The van der Waals surface area contributed by atoms with Gasteiger partial charge in [0.25, 0.3) is 0 Å². The lowest BCUT2D eigenvalue weighted by Gasteiger charge is -2.18. The van der Waals surface area contributed by atoms with Crippen LogP contribution in [0.3, 0.4) is 0 Å². The molecule has 2 aromatic carbocycles. The zero-order chi connectivity index (χ0) is 16.0. The summed E-state index contributed by atoms with van der Waals surface area (Å²) < 4.78 is 19.8. The van der Waals surface area contributed by atoms with E-state index in [1.807, 2.05) is 18.2 Å². The Bertz CT molecular complexity index is 778. The van der Waals surface area contributed by atoms with Crippen LogP contribution >= 0.6 is 0 Å². The Kier molecular flexibility index (Phi) is 3.29. The van der Waals surface area contributed by atoms with E-state index in [1.54, 1.807) is 12.1 Å². The number of ether oxygens (including phenoxy) is 1. The fraction of sp³-hybridized carbons (Fsp3) is 0.421. The monoisotopic (exact) mass is 313 g/mol. The summed E-state index contributed by atoms with van der Waals surface area (Å²) >= 11 is 0. The predicted octanol–water partition coefficient (Wildman–Crippen LogP) is 3.73. The van der Waals surface area contributed by atoms with Gasteiger partial charge in [-0.2, -0.15) is 0 Å². The Balaban J connectivity index is 1.70. The normalized spacial score (nSPS) is 18.7. The van der Waals surface area contributed by atoms with Crippen LogP contribution in [0.5, 0.6) is 5.75 Å². The average molecular weight is 313 g/mol. The van der Waals surface area contributed by atoms with Crippen LogP contribution in [-0.2, 0) is 11.2 Å². The van der Waals surface area contributed by atoms with Gasteiger partial charge in [-0.15, -0.1) is 0 Å². The molecule has 0 atom stereocenters. The largest absolute Gasteiger partial charge is 0.490 e. The van der Waals surface area contributed by atoms with Gasteiger partial charge in [0, 0.05) is 12.5 Å². The van der Waals surface area contributed by atoms with Gasteiger partial charge in [-0.1, -0.05) is 6.07 Å². The van der Waals surface area contributed by atoms with E-state index in [0.717, 1.165) is 47.8 Å². The molecule has 2 aliphatic carbocycles. The van der Waals surface area contributed by atoms with Crippen LogP contribution in [0.2, 0.25) is 0 Å². The zero-order valence-corrected chi connectivity index (χ0v) is 13.2. The number of halogens is 1. The van der Waals surface area contributed by atoms with Gasteiger partial charge in [-0.25, -0.2) is 4.39 Å². The fourth-order valence-electron chi connectivity index (χ4n) is 3.21. The molecule has 120 valence electrons. The molecule has 4 rings (SSSR count). The predicted molar refractivity (Wildman–Crippen MR) is 87.0 cm³/mol. The second kappa shape index (κ2) is 5.22. The summed E-state index contributed by atoms with van der Waals surface area (Å²) in [5.41, 5.74) is 0.743. The van der Waals surface area contributed by atoms with Crippen molar-refractivity contribution in [1.29, 1.82) is 0 Å². The average Bonchev–Trinajstić information content (AvgIpc) is 3.38. The number of hydrogen-bond acceptors (Lipinski definition) is 2. The minimum Gasteiger partial charge on any atom is -0.490 e. The number of benzene rings is 2. The van der Waals surface area contributed by atoms with E-state index >= 15 is 0 Å². The van der Waals surface area contributed by atoms with Gasteiger partial charge in [-0.05, 0) is 72.7 Å². The highest BCUT2D eigenvalue weighted by molar-refractivity contribution is 5.87. The van der Waals surface area contributed by atoms with Crippen LogP contribution in [0.25, 0.3) is 10.8 Å². The second-order valence-electron chi connectivity index (χ2n) is 6.90. The summed E-state index contributed by atoms with van der Waals surface area (Å²) in [4.78, 5) is 11.4. The number of nitrogens with one attached hydrogen (secondary N) is 1. The maximum absolute atomic E-state index is 14.0. The van der Waals surface area contributed by atoms with Crippen molar-refractivity contribution >= 4 is 16.7 Å². The van der Waals surface area contributed by atoms with Crippen molar-refractivity contribution in [3.63, 3.8) is 0 Å². The summed E-state index contributed by atoms with van der Waals surface area (Å²) in [5, 5.41) is 4.92. The molecule has 2 saturated carbocycles. The van der Waals surface area contributed by atoms with E-state index in [0.29, 0.717) is 12.5 Å². The van der Waals surface area contributed by atoms with E-state index in [4.69, 9.17) is 4.74 Å². The topological polar surface area (TPSA) is 38.3 Å². The fourth-order valence-corrected chi connectivity index (χ4v) is 3.21. The molecule has 0 spiro atoms. The Morgan fingerprint density at radius 3 is 2.74 bits per heavy atom. The lowest BCUT2D eigenvalue weighted by atomic mass is 9.97. The van der Waals surface area contributed by atoms with E-state index in [1.165, 1.54) is 6.92 Å². The Hall–Kier alpha value is -2.10. The third-order valence-corrected chi connectivity index (χ3v) is 4.63. The van der Waals surface area contributed by atoms with Crippen molar-refractivity contribution in [2.24, 2.45) is 0 Å². The van der Waals surface area contributed by atoms with Crippen molar-refractivity contribution in [2.75, 3.05) is 0 Å². The minimum absolute atomic E-state index is 0.0269. The smallest absolute Gasteiger partial charge is 0.217 e. The first-order valence-electron chi connectivity index (χ1n) is 8.21. The van der Waals surface area contributed by atoms with Gasteiger partial charge in [-0.3, -0.25) is 4.79 Å². The number of hydrogen-bond donors (Lipinski definition) is 1. The van der Waals surface area contributed by atoms with Gasteiger partial charge in [0.2, 0.25) is 5.91 Å². The molecule has 0 aliphatic heterocycles. The lowest BCUT2D eigenvalue weighted by Crippen LogP contribution is -2.37. The maximum atomic E-state index is 14.0. The van der Waals surface area contributed by atoms with Crippen LogP contribution < -0.4 is 10.1 Å². The molecule has 3 nitrogen and oxygen atoms in total. The molecule has 2 fully saturated rings. The summed E-state index contributed by atoms with van der Waals surface area (Å²) in [7, 11) is 0. The quantitative estimate of drug-likeness (QED) is 0.913. The third kappa shape index (κ3) is 3.16. The molecule has 0 heterocycles. The molecule has 1 amide bonds. The number of amides is 1. The van der Waals surface area contributed by atoms with Crippen LogP contribution in [0.4, 0.5) is 4.39 Å². The number of fused-ring (bicyclic) bond motifs is 1. The number of carbonyl (C=O) groups is 1. The first-order valence-corrected chi connectivity index (χ1v) is 8.21. The Morgan fingerprint density at radius 1 is 1.30 bits per heavy atom. The van der Waals surface area contributed by atoms with Gasteiger partial charge >= 0.3 is 0 Å². The molecule has 2 aliphatic rings. The summed E-state index contributed by atoms with van der Waals surface area (Å²) in [6.45, 7) is 1.53. The Morgan fingerprint density at radius 2 is 2.09 bits per heavy atom. The molecule has 0 radical (unpaired) electrons. The minimum atomic E-state index is -0.234. The van der Waals surface area contributed by atoms with Crippen molar-refractivity contribution in [2.45, 2.75) is 50.7 Å². The lowest BCUT2D eigenvalue weighted by molar-refractivity contribution is -0.119. The van der Waals surface area contributed by atoms with Gasteiger partial charge < -0.3 is 10.1 Å². The van der Waals surface area contributed by atoms with Crippen molar-refractivity contribution in [3.05, 3.63) is 41.7 Å². The molecule has 2 aromatic rings. The molecule has 23 heavy (non-hydrogen) atoms. The Labute approximate surface area is 134 Å². The first kappa shape index (κ1) is 14.5. The maximum Gasteiger partial charge on any atom is 0.217 e. The molecule has 0 bridgehead atoms. The highest BCUT2D eigenvalue weighted by atomic mass is 19.1. The van der Waals surface area contributed by atoms with Crippen molar-refractivity contribution < 1.29 is 13.9 Å². The number of carbonyl (C=O) groups excluding carboxylic acids is 1. The van der Waals surface area contributed by atoms with E-state index in [9.17, 15) is 9.18 Å². The molecule has 1 N–H and O–H groups in total. The second-order valence-corrected chi connectivity index (χ2v) is 6.90. The van der Waals surface area contributed by atoms with E-state index in [2.05, 4.69) is 5.32 Å². The molecule has 0 saturated heterocycles. The summed E-state index contributed by atoms with van der Waals surface area (Å²) in [6.07, 6.45) is 5.12. The highest BCUT2D eigenvalue weighted by Crippen LogP contribution is 2.40. The first-order chi connectivity index (χ1) is 11.0. The van der Waals surface area contributed by atoms with Gasteiger partial charge in [0.15, 0.2) is 0 Å². The van der Waals surface area contributed by atoms with Crippen LogP contribution in [0.15, 0.2) is 30.3 Å². The summed E-state index contributed by atoms with van der Waals surface area (Å²) in [5.74, 6) is 0.584. The van der Waals surface area contributed by atoms with Crippen LogP contribution in [0, 0.1) is 5.82 Å². The molecule has 0 aromatic heterocycles. The standard InChI is InChI=1S/C19H20FNO2/c1-12(22)21-19(6-7-19)11-14-9-15(20)8-13-2-3-17(10-18(13)14)23-16-4-5-16/h2-3,8-10,16H,4-7,11H2,1H3,(H,21,22). The van der Waals surface area contributed by atoms with Crippen molar-refractivity contribution in [3.8, 4) is 5.75 Å². The molecular formula is C19H20FNO2. The van der Waals surface area contributed by atoms with Crippen LogP contribution in [-0.4, -0.2) is 17.6 Å². The molecular weight excluding hydrogens is 293 g/mol. The zero-order valence-electron chi connectivity index (χ0n) is 13.2. The van der Waals surface area contributed by atoms with E-state index in [-0.39, 0.29) is 17.3 Å².